The standard InChI is InChI=1S/C12H18O3/c1-12(2,8-13)9-15-11-6-4-10(14-3)5-7-11/h4-7,13H,8-9H2,1-3H3. The highest BCUT2D eigenvalue weighted by Gasteiger charge is 2.17. The third kappa shape index (κ3) is 3.80. The van der Waals surface area contributed by atoms with Crippen LogP contribution < -0.4 is 9.47 Å². The highest BCUT2D eigenvalue weighted by atomic mass is 16.5. The third-order valence-electron chi connectivity index (χ3n) is 2.12. The Morgan fingerprint density at radius 3 is 2.13 bits per heavy atom. The number of methoxy groups -OCH3 is 1. The van der Waals surface area contributed by atoms with Gasteiger partial charge in [0.05, 0.1) is 20.3 Å². The van der Waals surface area contributed by atoms with E-state index in [4.69, 9.17) is 14.6 Å². The van der Waals surface area contributed by atoms with Gasteiger partial charge < -0.3 is 14.6 Å². The molecular formula is C12H18O3. The van der Waals surface area contributed by atoms with E-state index in [0.29, 0.717) is 6.61 Å². The van der Waals surface area contributed by atoms with Gasteiger partial charge in [0.25, 0.3) is 0 Å². The number of aliphatic hydroxyl groups excluding tert-OH is 1. The van der Waals surface area contributed by atoms with E-state index in [9.17, 15) is 0 Å². The summed E-state index contributed by atoms with van der Waals surface area (Å²) in [5, 5.41) is 9.05. The molecule has 1 rings (SSSR count). The van der Waals surface area contributed by atoms with Crippen molar-refractivity contribution in [2.24, 2.45) is 5.41 Å². The minimum absolute atomic E-state index is 0.114. The predicted molar refractivity (Wildman–Crippen MR) is 59.4 cm³/mol. The molecule has 0 amide bonds. The molecule has 0 aliphatic rings. The molecule has 0 aromatic heterocycles. The van der Waals surface area contributed by atoms with E-state index in [1.807, 2.05) is 38.1 Å². The number of benzene rings is 1. The fourth-order valence-corrected chi connectivity index (χ4v) is 0.996. The third-order valence-corrected chi connectivity index (χ3v) is 2.12. The normalized spacial score (nSPS) is 11.2. The summed E-state index contributed by atoms with van der Waals surface area (Å²) in [6, 6.07) is 7.40. The van der Waals surface area contributed by atoms with E-state index in [2.05, 4.69) is 0 Å². The van der Waals surface area contributed by atoms with Gasteiger partial charge in [-0.05, 0) is 24.3 Å². The molecular weight excluding hydrogens is 192 g/mol. The van der Waals surface area contributed by atoms with Gasteiger partial charge in [0.15, 0.2) is 0 Å². The molecule has 1 N–H and O–H groups in total. The van der Waals surface area contributed by atoms with Crippen molar-refractivity contribution in [2.45, 2.75) is 13.8 Å². The summed E-state index contributed by atoms with van der Waals surface area (Å²) >= 11 is 0. The largest absolute Gasteiger partial charge is 0.497 e. The second kappa shape index (κ2) is 5.03. The fourth-order valence-electron chi connectivity index (χ4n) is 0.996. The zero-order chi connectivity index (χ0) is 11.3. The van der Waals surface area contributed by atoms with Crippen molar-refractivity contribution in [1.29, 1.82) is 0 Å². The Bertz CT molecular complexity index is 290. The van der Waals surface area contributed by atoms with Crippen LogP contribution in [0, 0.1) is 5.41 Å². The molecule has 3 heteroatoms. The number of rotatable bonds is 5. The Hall–Kier alpha value is -1.22. The fraction of sp³-hybridized carbons (Fsp3) is 0.500. The van der Waals surface area contributed by atoms with Gasteiger partial charge in [-0.3, -0.25) is 0 Å². The first-order chi connectivity index (χ1) is 7.07. The van der Waals surface area contributed by atoms with Gasteiger partial charge in [-0.2, -0.15) is 0 Å². The Morgan fingerprint density at radius 1 is 1.13 bits per heavy atom. The van der Waals surface area contributed by atoms with Crippen molar-refractivity contribution in [3.05, 3.63) is 24.3 Å². The van der Waals surface area contributed by atoms with Crippen LogP contribution in [0.25, 0.3) is 0 Å². The van der Waals surface area contributed by atoms with Gasteiger partial charge >= 0.3 is 0 Å². The van der Waals surface area contributed by atoms with Gasteiger partial charge in [-0.1, -0.05) is 13.8 Å². The maximum Gasteiger partial charge on any atom is 0.119 e. The molecule has 1 aromatic rings. The lowest BCUT2D eigenvalue weighted by molar-refractivity contribution is 0.0975. The molecule has 15 heavy (non-hydrogen) atoms. The molecule has 1 aromatic carbocycles. The first-order valence-corrected chi connectivity index (χ1v) is 4.95. The lowest BCUT2D eigenvalue weighted by Gasteiger charge is -2.21. The van der Waals surface area contributed by atoms with Crippen LogP contribution in [0.4, 0.5) is 0 Å². The molecule has 0 heterocycles. The number of hydrogen-bond acceptors (Lipinski definition) is 3. The zero-order valence-corrected chi connectivity index (χ0v) is 9.49. The van der Waals surface area contributed by atoms with Gasteiger partial charge in [0, 0.05) is 5.41 Å². The molecule has 0 spiro atoms. The van der Waals surface area contributed by atoms with Crippen molar-refractivity contribution < 1.29 is 14.6 Å². The first kappa shape index (κ1) is 11.9. The van der Waals surface area contributed by atoms with Gasteiger partial charge in [-0.15, -0.1) is 0 Å². The van der Waals surface area contributed by atoms with Crippen molar-refractivity contribution in [3.63, 3.8) is 0 Å². The maximum absolute atomic E-state index is 9.05. The van der Waals surface area contributed by atoms with Crippen molar-refractivity contribution in [2.75, 3.05) is 20.3 Å². The second-order valence-electron chi connectivity index (χ2n) is 4.29. The summed E-state index contributed by atoms with van der Waals surface area (Å²) in [5.74, 6) is 1.60. The Labute approximate surface area is 90.6 Å². The van der Waals surface area contributed by atoms with Crippen LogP contribution >= 0.6 is 0 Å². The summed E-state index contributed by atoms with van der Waals surface area (Å²) < 4.78 is 10.6. The second-order valence-corrected chi connectivity index (χ2v) is 4.29. The summed E-state index contributed by atoms with van der Waals surface area (Å²) in [6.45, 7) is 4.52. The summed E-state index contributed by atoms with van der Waals surface area (Å²) in [7, 11) is 1.63. The number of aliphatic hydroxyl groups is 1. The van der Waals surface area contributed by atoms with E-state index in [1.54, 1.807) is 7.11 Å². The molecule has 3 nitrogen and oxygen atoms in total. The summed E-state index contributed by atoms with van der Waals surface area (Å²) in [6.07, 6.45) is 0. The zero-order valence-electron chi connectivity index (χ0n) is 9.49. The van der Waals surface area contributed by atoms with Crippen LogP contribution in [0.2, 0.25) is 0 Å². The molecule has 0 aliphatic carbocycles. The summed E-state index contributed by atoms with van der Waals surface area (Å²) in [5.41, 5.74) is -0.208. The predicted octanol–water partition coefficient (Wildman–Crippen LogP) is 2.09. The average molecular weight is 210 g/mol. The SMILES string of the molecule is COc1ccc(OCC(C)(C)CO)cc1. The smallest absolute Gasteiger partial charge is 0.119 e. The molecule has 84 valence electrons. The highest BCUT2D eigenvalue weighted by Crippen LogP contribution is 2.20. The molecule has 0 saturated heterocycles. The molecule has 0 unspecified atom stereocenters. The molecule has 0 radical (unpaired) electrons. The van der Waals surface area contributed by atoms with Crippen molar-refractivity contribution >= 4 is 0 Å². The van der Waals surface area contributed by atoms with E-state index < -0.39 is 0 Å². The van der Waals surface area contributed by atoms with E-state index in [-0.39, 0.29) is 12.0 Å². The minimum atomic E-state index is -0.208. The maximum atomic E-state index is 9.05. The lowest BCUT2D eigenvalue weighted by Crippen LogP contribution is -2.25. The van der Waals surface area contributed by atoms with Crippen LogP contribution in [0.5, 0.6) is 11.5 Å². The highest BCUT2D eigenvalue weighted by molar-refractivity contribution is 5.31. The molecule has 0 aliphatic heterocycles. The monoisotopic (exact) mass is 210 g/mol. The van der Waals surface area contributed by atoms with Crippen molar-refractivity contribution in [1.82, 2.24) is 0 Å². The number of ether oxygens (including phenoxy) is 2. The van der Waals surface area contributed by atoms with Gasteiger partial charge in [-0.25, -0.2) is 0 Å². The Kier molecular flexibility index (Phi) is 3.97. The van der Waals surface area contributed by atoms with E-state index >= 15 is 0 Å². The Morgan fingerprint density at radius 2 is 1.67 bits per heavy atom. The molecule has 0 bridgehead atoms. The van der Waals surface area contributed by atoms with Crippen LogP contribution in [0.1, 0.15) is 13.8 Å². The minimum Gasteiger partial charge on any atom is -0.497 e. The quantitative estimate of drug-likeness (QED) is 0.808. The van der Waals surface area contributed by atoms with Gasteiger partial charge in [0.2, 0.25) is 0 Å². The first-order valence-electron chi connectivity index (χ1n) is 4.95. The molecule has 0 saturated carbocycles. The van der Waals surface area contributed by atoms with Crippen molar-refractivity contribution in [3.8, 4) is 11.5 Å². The molecule has 0 atom stereocenters. The number of hydrogen-bond donors (Lipinski definition) is 1. The van der Waals surface area contributed by atoms with E-state index in [1.165, 1.54) is 0 Å². The topological polar surface area (TPSA) is 38.7 Å². The summed E-state index contributed by atoms with van der Waals surface area (Å²) in [4.78, 5) is 0. The van der Waals surface area contributed by atoms with Crippen LogP contribution in [-0.2, 0) is 0 Å². The molecule has 0 fully saturated rings. The lowest BCUT2D eigenvalue weighted by atomic mass is 9.97. The van der Waals surface area contributed by atoms with Crippen LogP contribution in [-0.4, -0.2) is 25.4 Å². The van der Waals surface area contributed by atoms with Gasteiger partial charge in [0.1, 0.15) is 11.5 Å². The average Bonchev–Trinajstić information content (AvgIpc) is 2.27. The van der Waals surface area contributed by atoms with Crippen LogP contribution in [0.15, 0.2) is 24.3 Å². The Balaban J connectivity index is 2.51. The van der Waals surface area contributed by atoms with E-state index in [0.717, 1.165) is 11.5 Å². The van der Waals surface area contributed by atoms with Crippen LogP contribution in [0.3, 0.4) is 0 Å².